The van der Waals surface area contributed by atoms with E-state index in [9.17, 15) is 0 Å². The third-order valence-corrected chi connectivity index (χ3v) is 1.88. The minimum atomic E-state index is -5.17. The Bertz CT molecular complexity index is 609. The van der Waals surface area contributed by atoms with Gasteiger partial charge in [0.2, 0.25) is 0 Å². The van der Waals surface area contributed by atoms with E-state index < -0.39 is 20.8 Å². The second kappa shape index (κ2) is 16.5. The number of anilines is 2. The van der Waals surface area contributed by atoms with E-state index in [4.69, 9.17) is 40.8 Å². The van der Waals surface area contributed by atoms with Crippen molar-refractivity contribution < 1.29 is 52.1 Å². The molecule has 0 aliphatic heterocycles. The average Bonchev–Trinajstić information content (AvgIpc) is 2.27. The number of nitrogens with two attached hydrogens (primary N) is 1. The standard InChI is InChI=1S/C10H16N2.Fe.2H3N.2H2O4S/c1-3-8-7-9(11)5-6-10(8)12-4-2;;;;2*1-5(2,3)4/h5-7,12H,3-4,11H2,1-2H3;;2*1H3;2*(H2,1,2,3,4)/q;+2;;;;/p-2. The molecule has 0 saturated heterocycles. The summed E-state index contributed by atoms with van der Waals surface area (Å²) in [4.78, 5) is 0. The maximum Gasteiger partial charge on any atom is 2.00 e. The first-order valence-corrected chi connectivity index (χ1v) is 8.40. The average molecular weight is 448 g/mol. The van der Waals surface area contributed by atoms with Crippen molar-refractivity contribution in [3.05, 3.63) is 23.8 Å². The van der Waals surface area contributed by atoms with Crippen molar-refractivity contribution in [2.24, 2.45) is 0 Å². The van der Waals surface area contributed by atoms with Crippen molar-refractivity contribution in [3.8, 4) is 0 Å². The maximum absolute atomic E-state index is 8.52. The molecule has 0 saturated carbocycles. The quantitative estimate of drug-likeness (QED) is 0.213. The number of nitrogen functional groups attached to an aromatic ring is 1. The van der Waals surface area contributed by atoms with Crippen LogP contribution in [-0.2, 0) is 44.3 Å². The van der Waals surface area contributed by atoms with Gasteiger partial charge in [-0.1, -0.05) is 6.92 Å². The summed E-state index contributed by atoms with van der Waals surface area (Å²) in [6.07, 6.45) is 1.02. The second-order valence-corrected chi connectivity index (χ2v) is 5.25. The van der Waals surface area contributed by atoms with Gasteiger partial charge in [0.05, 0.1) is 0 Å². The van der Waals surface area contributed by atoms with Crippen LogP contribution >= 0.6 is 0 Å². The summed E-state index contributed by atoms with van der Waals surface area (Å²) in [5.74, 6) is 0. The van der Waals surface area contributed by atoms with Gasteiger partial charge in [-0.05, 0) is 37.1 Å². The van der Waals surface area contributed by atoms with Crippen LogP contribution in [0.3, 0.4) is 0 Å². The van der Waals surface area contributed by atoms with Crippen molar-refractivity contribution in [2.45, 2.75) is 20.3 Å². The summed E-state index contributed by atoms with van der Waals surface area (Å²) in [6, 6.07) is 5.99. The molecule has 25 heavy (non-hydrogen) atoms. The van der Waals surface area contributed by atoms with Crippen molar-refractivity contribution in [2.75, 3.05) is 17.6 Å². The first-order chi connectivity index (χ1) is 9.77. The smallest absolute Gasteiger partial charge is 0.759 e. The fourth-order valence-electron chi connectivity index (χ4n) is 1.27. The third kappa shape index (κ3) is 35.1. The molecule has 0 bridgehead atoms. The van der Waals surface area contributed by atoms with Crippen molar-refractivity contribution >= 4 is 32.2 Å². The van der Waals surface area contributed by atoms with Crippen LogP contribution in [0.1, 0.15) is 19.4 Å². The Labute approximate surface area is 158 Å². The van der Waals surface area contributed by atoms with E-state index in [1.165, 1.54) is 11.3 Å². The molecular formula is C10H24FeN4O8S2. The Balaban J connectivity index is -0.0000000882. The van der Waals surface area contributed by atoms with Gasteiger partial charge >= 0.3 is 17.1 Å². The van der Waals surface area contributed by atoms with Crippen LogP contribution < -0.4 is 23.4 Å². The molecule has 152 valence electrons. The molecule has 1 rings (SSSR count). The first kappa shape index (κ1) is 35.2. The van der Waals surface area contributed by atoms with E-state index in [1.807, 2.05) is 18.2 Å². The topological polar surface area (TPSA) is 272 Å². The van der Waals surface area contributed by atoms with Gasteiger partial charge in [-0.3, -0.25) is 16.8 Å². The zero-order valence-corrected chi connectivity index (χ0v) is 16.9. The largest absolute Gasteiger partial charge is 2.00 e. The van der Waals surface area contributed by atoms with E-state index in [-0.39, 0.29) is 29.4 Å². The van der Waals surface area contributed by atoms with Gasteiger partial charge in [0, 0.05) is 38.7 Å². The minimum absolute atomic E-state index is 0. The molecule has 12 nitrogen and oxygen atoms in total. The number of benzene rings is 1. The van der Waals surface area contributed by atoms with Gasteiger partial charge < -0.3 is 41.6 Å². The van der Waals surface area contributed by atoms with Gasteiger partial charge in [-0.25, -0.2) is 0 Å². The van der Waals surface area contributed by atoms with Crippen LogP contribution in [0.2, 0.25) is 0 Å². The molecule has 0 radical (unpaired) electrons. The molecule has 0 aromatic heterocycles. The van der Waals surface area contributed by atoms with Gasteiger partial charge in [-0.15, -0.1) is 0 Å². The third-order valence-electron chi connectivity index (χ3n) is 1.88. The number of nitrogens with one attached hydrogen (secondary N) is 1. The number of hydrogen-bond acceptors (Lipinski definition) is 10. The number of hydrogen-bond donors (Lipinski definition) is 4. The summed E-state index contributed by atoms with van der Waals surface area (Å²) in [5.41, 5.74) is 9.00. The van der Waals surface area contributed by atoms with Crippen LogP contribution in [0, 0.1) is 0 Å². The fraction of sp³-hybridized carbons (Fsp3) is 0.400. The van der Waals surface area contributed by atoms with E-state index in [2.05, 4.69) is 19.2 Å². The monoisotopic (exact) mass is 448 g/mol. The van der Waals surface area contributed by atoms with E-state index in [1.54, 1.807) is 0 Å². The summed E-state index contributed by atoms with van der Waals surface area (Å²) in [5, 5.41) is 3.30. The molecule has 0 heterocycles. The Morgan fingerprint density at radius 1 is 0.960 bits per heavy atom. The van der Waals surface area contributed by atoms with Gasteiger partial charge in [0.25, 0.3) is 0 Å². The van der Waals surface area contributed by atoms with E-state index in [0.717, 1.165) is 18.7 Å². The number of aryl methyl sites for hydroxylation is 1. The molecule has 0 fully saturated rings. The predicted octanol–water partition coefficient (Wildman–Crippen LogP) is 0.337. The summed E-state index contributed by atoms with van der Waals surface area (Å²) in [6.45, 7) is 5.18. The van der Waals surface area contributed by atoms with Crippen LogP contribution in [0.4, 0.5) is 11.4 Å². The summed E-state index contributed by atoms with van der Waals surface area (Å²) in [7, 11) is -10.3. The molecule has 0 spiro atoms. The number of quaternary nitrogens is 2. The zero-order chi connectivity index (χ0) is 18.0. The van der Waals surface area contributed by atoms with Crippen molar-refractivity contribution in [1.29, 1.82) is 0 Å². The van der Waals surface area contributed by atoms with Crippen molar-refractivity contribution in [1.82, 2.24) is 12.3 Å². The van der Waals surface area contributed by atoms with E-state index in [0.29, 0.717) is 0 Å². The first-order valence-electron chi connectivity index (χ1n) is 5.73. The second-order valence-electron chi connectivity index (χ2n) is 3.62. The molecule has 1 aromatic carbocycles. The molecule has 1 aromatic rings. The SMILES string of the molecule is CCNc1ccc(N)cc1CC.O=S(=O)([O-])[O-].O=S(=O)([O-])[O-].[Fe+2].[NH4+].[NH4+]. The normalized spacial score (nSPS) is 9.36. The zero-order valence-electron chi connectivity index (χ0n) is 14.2. The van der Waals surface area contributed by atoms with Crippen LogP contribution in [0.25, 0.3) is 0 Å². The van der Waals surface area contributed by atoms with Crippen LogP contribution in [-0.4, -0.2) is 41.6 Å². The Morgan fingerprint density at radius 2 is 1.32 bits per heavy atom. The molecule has 15 heteroatoms. The summed E-state index contributed by atoms with van der Waals surface area (Å²) >= 11 is 0. The van der Waals surface area contributed by atoms with Crippen molar-refractivity contribution in [3.63, 3.8) is 0 Å². The molecule has 0 aliphatic carbocycles. The molecule has 0 amide bonds. The Kier molecular flexibility index (Phi) is 23.2. The molecule has 0 atom stereocenters. The maximum atomic E-state index is 8.52. The Morgan fingerprint density at radius 3 is 1.60 bits per heavy atom. The van der Waals surface area contributed by atoms with E-state index >= 15 is 0 Å². The van der Waals surface area contributed by atoms with Gasteiger partial charge in [0.15, 0.2) is 0 Å². The number of rotatable bonds is 3. The molecular weight excluding hydrogens is 424 g/mol. The van der Waals surface area contributed by atoms with Crippen LogP contribution in [0.15, 0.2) is 18.2 Å². The van der Waals surface area contributed by atoms with Gasteiger partial charge in [-0.2, -0.15) is 0 Å². The molecule has 0 unspecified atom stereocenters. The predicted molar refractivity (Wildman–Crippen MR) is 87.3 cm³/mol. The molecule has 0 aliphatic rings. The fourth-order valence-corrected chi connectivity index (χ4v) is 1.27. The molecule has 11 N–H and O–H groups in total. The van der Waals surface area contributed by atoms with Crippen LogP contribution in [0.5, 0.6) is 0 Å². The Hall–Kier alpha value is -1.00. The van der Waals surface area contributed by atoms with Gasteiger partial charge in [0.1, 0.15) is 0 Å². The minimum Gasteiger partial charge on any atom is -0.759 e. The summed E-state index contributed by atoms with van der Waals surface area (Å²) < 4.78 is 68.2.